The Morgan fingerprint density at radius 1 is 0.944 bits per heavy atom. The smallest absolute Gasteiger partial charge is 0.189 e. The Hall–Kier alpha value is -0.370. The van der Waals surface area contributed by atoms with Crippen LogP contribution in [-0.2, 0) is 4.79 Å². The third-order valence-corrected chi connectivity index (χ3v) is 4.97. The van der Waals surface area contributed by atoms with E-state index in [9.17, 15) is 4.79 Å². The summed E-state index contributed by atoms with van der Waals surface area (Å²) < 4.78 is 0. The minimum Gasteiger partial charge on any atom is -0.328 e. The molecule has 0 spiro atoms. The first-order valence-electron chi connectivity index (χ1n) is 7.91. The molecule has 1 N–H and O–H groups in total. The lowest BCUT2D eigenvalue weighted by Crippen LogP contribution is -3.15. The van der Waals surface area contributed by atoms with E-state index < -0.39 is 0 Å². The summed E-state index contributed by atoms with van der Waals surface area (Å²) in [5.74, 6) is 3.38. The van der Waals surface area contributed by atoms with Crippen LogP contribution in [0.1, 0.15) is 52.9 Å². The van der Waals surface area contributed by atoms with Crippen LogP contribution in [0.15, 0.2) is 0 Å². The van der Waals surface area contributed by atoms with E-state index in [1.165, 1.54) is 32.4 Å². The Bertz CT molecular complexity index is 271. The topological polar surface area (TPSA) is 21.5 Å². The molecule has 2 rings (SSSR count). The largest absolute Gasteiger partial charge is 0.328 e. The number of hydrogen-bond acceptors (Lipinski definition) is 1. The monoisotopic (exact) mass is 252 g/mol. The standard InChI is InChI=1S/C16H29NO/c1-12-4-6-15(7-5-12)16(18)11-17-9-13(2)8-14(3)10-17/h12-15H,4-11H2,1-3H3/p+1. The summed E-state index contributed by atoms with van der Waals surface area (Å²) in [5, 5.41) is 0. The molecule has 0 aromatic carbocycles. The van der Waals surface area contributed by atoms with Crippen LogP contribution < -0.4 is 4.90 Å². The summed E-state index contributed by atoms with van der Waals surface area (Å²) in [4.78, 5) is 13.9. The third kappa shape index (κ3) is 3.81. The summed E-state index contributed by atoms with van der Waals surface area (Å²) in [6, 6.07) is 0. The fourth-order valence-electron chi connectivity index (χ4n) is 4.04. The molecule has 2 aliphatic rings. The molecule has 1 aliphatic carbocycles. The average molecular weight is 252 g/mol. The lowest BCUT2D eigenvalue weighted by Gasteiger charge is -2.33. The van der Waals surface area contributed by atoms with Gasteiger partial charge in [-0.1, -0.05) is 33.6 Å². The molecule has 0 aromatic rings. The normalized spacial score (nSPS) is 41.6. The number of carbonyl (C=O) groups excluding carboxylic acids is 1. The number of quaternary nitrogens is 1. The zero-order valence-electron chi connectivity index (χ0n) is 12.4. The first-order valence-corrected chi connectivity index (χ1v) is 7.91. The molecular weight excluding hydrogens is 222 g/mol. The molecule has 1 saturated carbocycles. The van der Waals surface area contributed by atoms with Gasteiger partial charge in [0.05, 0.1) is 13.1 Å². The van der Waals surface area contributed by atoms with Crippen molar-refractivity contribution in [3.8, 4) is 0 Å². The number of ketones is 1. The van der Waals surface area contributed by atoms with Crippen LogP contribution >= 0.6 is 0 Å². The van der Waals surface area contributed by atoms with Gasteiger partial charge in [0.25, 0.3) is 0 Å². The molecule has 2 unspecified atom stereocenters. The quantitative estimate of drug-likeness (QED) is 0.814. The Labute approximate surface area is 112 Å². The van der Waals surface area contributed by atoms with Crippen molar-refractivity contribution in [3.05, 3.63) is 0 Å². The molecule has 18 heavy (non-hydrogen) atoms. The number of carbonyl (C=O) groups is 1. The first-order chi connectivity index (χ1) is 8.54. The predicted octanol–water partition coefficient (Wildman–Crippen LogP) is 1.94. The van der Waals surface area contributed by atoms with Gasteiger partial charge in [-0.2, -0.15) is 0 Å². The zero-order valence-corrected chi connectivity index (χ0v) is 12.4. The van der Waals surface area contributed by atoms with Gasteiger partial charge >= 0.3 is 0 Å². The van der Waals surface area contributed by atoms with Gasteiger partial charge < -0.3 is 4.90 Å². The molecule has 2 heteroatoms. The Balaban J connectivity index is 1.80. The molecule has 0 radical (unpaired) electrons. The first kappa shape index (κ1) is 14.0. The van der Waals surface area contributed by atoms with E-state index in [1.807, 2.05) is 0 Å². The zero-order chi connectivity index (χ0) is 13.1. The second-order valence-corrected chi connectivity index (χ2v) is 7.20. The van der Waals surface area contributed by atoms with Gasteiger partial charge in [0.2, 0.25) is 0 Å². The number of rotatable bonds is 3. The minimum atomic E-state index is 0.390. The SMILES string of the molecule is CC1CCC(C(=O)C[NH+]2CC(C)CC(C)C2)CC1. The summed E-state index contributed by atoms with van der Waals surface area (Å²) in [6.07, 6.45) is 6.17. The maximum atomic E-state index is 12.4. The summed E-state index contributed by atoms with van der Waals surface area (Å²) >= 11 is 0. The van der Waals surface area contributed by atoms with E-state index in [0.717, 1.165) is 37.1 Å². The Morgan fingerprint density at radius 2 is 1.50 bits per heavy atom. The van der Waals surface area contributed by atoms with Crippen molar-refractivity contribution < 1.29 is 9.69 Å². The highest BCUT2D eigenvalue weighted by molar-refractivity contribution is 5.81. The highest BCUT2D eigenvalue weighted by atomic mass is 16.1. The molecule has 2 nitrogen and oxygen atoms in total. The van der Waals surface area contributed by atoms with E-state index in [0.29, 0.717) is 11.7 Å². The molecule has 1 heterocycles. The molecule has 1 aliphatic heterocycles. The number of Topliss-reactive ketones (excluding diaryl/α,β-unsaturated/α-hetero) is 1. The van der Waals surface area contributed by atoms with Crippen LogP contribution in [0.5, 0.6) is 0 Å². The van der Waals surface area contributed by atoms with Gasteiger partial charge in [-0.05, 0) is 25.2 Å². The third-order valence-electron chi connectivity index (χ3n) is 4.97. The molecule has 0 bridgehead atoms. The summed E-state index contributed by atoms with van der Waals surface area (Å²) in [6.45, 7) is 10.2. The van der Waals surface area contributed by atoms with Crippen LogP contribution in [0, 0.1) is 23.7 Å². The van der Waals surface area contributed by atoms with Crippen LogP contribution in [0.3, 0.4) is 0 Å². The minimum absolute atomic E-state index is 0.390. The number of piperidine rings is 1. The van der Waals surface area contributed by atoms with E-state index in [-0.39, 0.29) is 0 Å². The van der Waals surface area contributed by atoms with E-state index >= 15 is 0 Å². The average Bonchev–Trinajstić information content (AvgIpc) is 2.28. The van der Waals surface area contributed by atoms with Crippen molar-refractivity contribution in [2.45, 2.75) is 52.9 Å². The summed E-state index contributed by atoms with van der Waals surface area (Å²) in [5.41, 5.74) is 0. The molecule has 2 fully saturated rings. The van der Waals surface area contributed by atoms with Crippen LogP contribution in [0.25, 0.3) is 0 Å². The van der Waals surface area contributed by atoms with Gasteiger partial charge in [0, 0.05) is 17.8 Å². The number of likely N-dealkylation sites (tertiary alicyclic amines) is 1. The molecule has 104 valence electrons. The van der Waals surface area contributed by atoms with Crippen molar-refractivity contribution in [1.82, 2.24) is 0 Å². The van der Waals surface area contributed by atoms with Crippen LogP contribution in [-0.4, -0.2) is 25.4 Å². The lowest BCUT2D eigenvalue weighted by atomic mass is 9.80. The van der Waals surface area contributed by atoms with E-state index in [4.69, 9.17) is 0 Å². The van der Waals surface area contributed by atoms with Crippen LogP contribution in [0.4, 0.5) is 0 Å². The second kappa shape index (κ2) is 6.18. The number of hydrogen-bond donors (Lipinski definition) is 1. The Morgan fingerprint density at radius 3 is 2.06 bits per heavy atom. The van der Waals surface area contributed by atoms with Crippen LogP contribution in [0.2, 0.25) is 0 Å². The molecule has 0 amide bonds. The Kier molecular flexibility index (Phi) is 4.83. The van der Waals surface area contributed by atoms with Crippen molar-refractivity contribution in [3.63, 3.8) is 0 Å². The fraction of sp³-hybridized carbons (Fsp3) is 0.938. The van der Waals surface area contributed by atoms with E-state index in [1.54, 1.807) is 4.90 Å². The van der Waals surface area contributed by atoms with Crippen molar-refractivity contribution in [2.75, 3.05) is 19.6 Å². The van der Waals surface area contributed by atoms with Gasteiger partial charge in [0.1, 0.15) is 6.54 Å². The highest BCUT2D eigenvalue weighted by Gasteiger charge is 2.30. The maximum Gasteiger partial charge on any atom is 0.189 e. The van der Waals surface area contributed by atoms with Gasteiger partial charge in [0.15, 0.2) is 5.78 Å². The highest BCUT2D eigenvalue weighted by Crippen LogP contribution is 2.28. The molecule has 0 aromatic heterocycles. The van der Waals surface area contributed by atoms with Gasteiger partial charge in [-0.25, -0.2) is 0 Å². The van der Waals surface area contributed by atoms with E-state index in [2.05, 4.69) is 20.8 Å². The van der Waals surface area contributed by atoms with Crippen molar-refractivity contribution in [2.24, 2.45) is 23.7 Å². The predicted molar refractivity (Wildman–Crippen MR) is 74.6 cm³/mol. The lowest BCUT2D eigenvalue weighted by molar-refractivity contribution is -0.904. The van der Waals surface area contributed by atoms with Gasteiger partial charge in [-0.3, -0.25) is 4.79 Å². The van der Waals surface area contributed by atoms with Crippen molar-refractivity contribution >= 4 is 5.78 Å². The number of nitrogens with one attached hydrogen (secondary N) is 1. The van der Waals surface area contributed by atoms with Gasteiger partial charge in [-0.15, -0.1) is 0 Å². The maximum absolute atomic E-state index is 12.4. The molecular formula is C16H30NO+. The molecule has 2 atom stereocenters. The summed E-state index contributed by atoms with van der Waals surface area (Å²) in [7, 11) is 0. The second-order valence-electron chi connectivity index (χ2n) is 7.20. The van der Waals surface area contributed by atoms with Crippen molar-refractivity contribution in [1.29, 1.82) is 0 Å². The molecule has 1 saturated heterocycles. The fourth-order valence-corrected chi connectivity index (χ4v) is 4.04.